The number of hydrogen-bond donors (Lipinski definition) is 1. The summed E-state index contributed by atoms with van der Waals surface area (Å²) in [5, 5.41) is 9.12. The van der Waals surface area contributed by atoms with Crippen LogP contribution in [-0.2, 0) is 17.9 Å². The highest BCUT2D eigenvalue weighted by Gasteiger charge is 2.19. The van der Waals surface area contributed by atoms with Crippen molar-refractivity contribution in [2.75, 3.05) is 12.3 Å². The molecular formula is C31H39N3O4S. The van der Waals surface area contributed by atoms with Gasteiger partial charge in [-0.1, -0.05) is 76.8 Å². The van der Waals surface area contributed by atoms with Gasteiger partial charge in [0.15, 0.2) is 0 Å². The standard InChI is InChI=1S/C31H39N3O4S/c1-4-6-7-8-12-19-33(30(36)25-15-17-26(18-16-25)39-21-23(3)31(37)38)22-34-28(5-2)32-27(20-29(34)35)24-13-10-9-11-14-24/h9-11,13-18,20,23H,4-8,12,19,21-22H2,1-3H3,(H,37,38). The van der Waals surface area contributed by atoms with Crippen LogP contribution in [-0.4, -0.2) is 43.7 Å². The Morgan fingerprint density at radius 3 is 2.33 bits per heavy atom. The molecular weight excluding hydrogens is 510 g/mol. The average molecular weight is 550 g/mol. The molecule has 0 saturated heterocycles. The zero-order chi connectivity index (χ0) is 28.2. The zero-order valence-electron chi connectivity index (χ0n) is 23.1. The summed E-state index contributed by atoms with van der Waals surface area (Å²) in [6.45, 7) is 6.50. The summed E-state index contributed by atoms with van der Waals surface area (Å²) in [5.41, 5.74) is 1.88. The molecule has 0 aliphatic heterocycles. The molecule has 2 aromatic carbocycles. The van der Waals surface area contributed by atoms with E-state index in [0.29, 0.717) is 35.8 Å². The monoisotopic (exact) mass is 549 g/mol. The highest BCUT2D eigenvalue weighted by Crippen LogP contribution is 2.22. The van der Waals surface area contributed by atoms with Gasteiger partial charge in [-0.25, -0.2) is 4.98 Å². The van der Waals surface area contributed by atoms with E-state index in [0.717, 1.165) is 42.6 Å². The molecule has 208 valence electrons. The van der Waals surface area contributed by atoms with Crippen LogP contribution < -0.4 is 5.56 Å². The third-order valence-electron chi connectivity index (χ3n) is 6.63. The van der Waals surface area contributed by atoms with Crippen LogP contribution in [0.15, 0.2) is 70.4 Å². The van der Waals surface area contributed by atoms with Gasteiger partial charge in [0.1, 0.15) is 12.5 Å². The van der Waals surface area contributed by atoms with E-state index in [1.165, 1.54) is 11.8 Å². The van der Waals surface area contributed by atoms with Crippen LogP contribution in [0, 0.1) is 5.92 Å². The molecule has 1 heterocycles. The van der Waals surface area contributed by atoms with Crippen molar-refractivity contribution >= 4 is 23.6 Å². The van der Waals surface area contributed by atoms with Crippen LogP contribution in [0.25, 0.3) is 11.3 Å². The minimum atomic E-state index is -0.822. The van der Waals surface area contributed by atoms with E-state index < -0.39 is 11.9 Å². The number of benzene rings is 2. The Hall–Kier alpha value is -3.39. The average Bonchev–Trinajstić information content (AvgIpc) is 2.96. The number of carboxylic acids is 1. The maximum Gasteiger partial charge on any atom is 0.307 e. The SMILES string of the molecule is CCCCCCCN(Cn1c(CC)nc(-c2ccccc2)cc1=O)C(=O)c1ccc(SCC(C)C(=O)O)cc1. The predicted octanol–water partition coefficient (Wildman–Crippen LogP) is 6.36. The summed E-state index contributed by atoms with van der Waals surface area (Å²) in [6.07, 6.45) is 5.88. The van der Waals surface area contributed by atoms with E-state index in [9.17, 15) is 14.4 Å². The maximum absolute atomic E-state index is 13.6. The van der Waals surface area contributed by atoms with E-state index in [1.807, 2.05) is 49.4 Å². The molecule has 39 heavy (non-hydrogen) atoms. The smallest absolute Gasteiger partial charge is 0.307 e. The van der Waals surface area contributed by atoms with Crippen LogP contribution in [0.1, 0.15) is 69.1 Å². The Kier molecular flexibility index (Phi) is 11.8. The first-order chi connectivity index (χ1) is 18.8. The van der Waals surface area contributed by atoms with Crippen molar-refractivity contribution in [3.8, 4) is 11.3 Å². The number of carboxylic acid groups (broad SMARTS) is 1. The molecule has 0 saturated carbocycles. The Bertz CT molecular complexity index is 1280. The molecule has 0 fully saturated rings. The maximum atomic E-state index is 13.6. The van der Waals surface area contributed by atoms with E-state index in [4.69, 9.17) is 10.1 Å². The van der Waals surface area contributed by atoms with Crippen LogP contribution in [0.2, 0.25) is 0 Å². The van der Waals surface area contributed by atoms with Gasteiger partial charge in [-0.05, 0) is 30.7 Å². The number of nitrogens with zero attached hydrogens (tertiary/aromatic N) is 3. The molecule has 0 aliphatic rings. The highest BCUT2D eigenvalue weighted by molar-refractivity contribution is 7.99. The van der Waals surface area contributed by atoms with Gasteiger partial charge >= 0.3 is 5.97 Å². The second-order valence-corrected chi connectivity index (χ2v) is 10.8. The first kappa shape index (κ1) is 30.2. The van der Waals surface area contributed by atoms with Crippen molar-refractivity contribution < 1.29 is 14.7 Å². The van der Waals surface area contributed by atoms with Crippen molar-refractivity contribution in [2.24, 2.45) is 5.92 Å². The quantitative estimate of drug-likeness (QED) is 0.175. The van der Waals surface area contributed by atoms with Crippen molar-refractivity contribution in [1.82, 2.24) is 14.5 Å². The topological polar surface area (TPSA) is 92.5 Å². The largest absolute Gasteiger partial charge is 0.481 e. The number of aliphatic carboxylic acids is 1. The summed E-state index contributed by atoms with van der Waals surface area (Å²) < 4.78 is 1.61. The number of aromatic nitrogens is 2. The van der Waals surface area contributed by atoms with Crippen LogP contribution in [0.4, 0.5) is 0 Å². The lowest BCUT2D eigenvalue weighted by molar-refractivity contribution is -0.140. The lowest BCUT2D eigenvalue weighted by Crippen LogP contribution is -2.39. The van der Waals surface area contributed by atoms with Crippen molar-refractivity contribution in [3.05, 3.63) is 82.4 Å². The molecule has 3 aromatic rings. The Morgan fingerprint density at radius 2 is 1.69 bits per heavy atom. The normalized spacial score (nSPS) is 11.8. The predicted molar refractivity (Wildman–Crippen MR) is 157 cm³/mol. The van der Waals surface area contributed by atoms with Gasteiger partial charge in [0.25, 0.3) is 11.5 Å². The van der Waals surface area contributed by atoms with E-state index >= 15 is 0 Å². The number of rotatable bonds is 15. The molecule has 1 N–H and O–H groups in total. The molecule has 3 rings (SSSR count). The molecule has 0 radical (unpaired) electrons. The molecule has 1 aromatic heterocycles. The number of carbonyl (C=O) groups is 2. The van der Waals surface area contributed by atoms with Gasteiger partial charge in [0, 0.05) is 40.8 Å². The summed E-state index contributed by atoms with van der Waals surface area (Å²) in [4.78, 5) is 45.4. The fourth-order valence-electron chi connectivity index (χ4n) is 4.21. The van der Waals surface area contributed by atoms with E-state index in [2.05, 4.69) is 6.92 Å². The number of unbranched alkanes of at least 4 members (excludes halogenated alkanes) is 4. The van der Waals surface area contributed by atoms with Gasteiger partial charge in [-0.15, -0.1) is 11.8 Å². The van der Waals surface area contributed by atoms with Crippen LogP contribution in [0.3, 0.4) is 0 Å². The Morgan fingerprint density at radius 1 is 1.00 bits per heavy atom. The fourth-order valence-corrected chi connectivity index (χ4v) is 5.13. The molecule has 0 bridgehead atoms. The lowest BCUT2D eigenvalue weighted by atomic mass is 10.1. The van der Waals surface area contributed by atoms with E-state index in [1.54, 1.807) is 34.6 Å². The second-order valence-electron chi connectivity index (χ2n) is 9.74. The van der Waals surface area contributed by atoms with Gasteiger partial charge in [-0.3, -0.25) is 19.0 Å². The minimum absolute atomic E-state index is 0.137. The molecule has 0 aliphatic carbocycles. The number of aryl methyl sites for hydroxylation is 1. The number of carbonyl (C=O) groups excluding carboxylic acids is 1. The van der Waals surface area contributed by atoms with Crippen molar-refractivity contribution in [1.29, 1.82) is 0 Å². The molecule has 1 atom stereocenters. The first-order valence-corrected chi connectivity index (χ1v) is 14.7. The molecule has 1 amide bonds. The van der Waals surface area contributed by atoms with E-state index in [-0.39, 0.29) is 18.1 Å². The molecule has 1 unspecified atom stereocenters. The summed E-state index contributed by atoms with van der Waals surface area (Å²) in [7, 11) is 0. The number of amides is 1. The van der Waals surface area contributed by atoms with Gasteiger partial charge in [-0.2, -0.15) is 0 Å². The van der Waals surface area contributed by atoms with Gasteiger partial charge < -0.3 is 10.0 Å². The van der Waals surface area contributed by atoms with Crippen molar-refractivity contribution in [3.63, 3.8) is 0 Å². The van der Waals surface area contributed by atoms with Crippen molar-refractivity contribution in [2.45, 2.75) is 70.9 Å². The second kappa shape index (κ2) is 15.3. The van der Waals surface area contributed by atoms with Crippen LogP contribution >= 0.6 is 11.8 Å². The zero-order valence-corrected chi connectivity index (χ0v) is 24.0. The first-order valence-electron chi connectivity index (χ1n) is 13.7. The highest BCUT2D eigenvalue weighted by atomic mass is 32.2. The Balaban J connectivity index is 1.82. The number of hydrogen-bond acceptors (Lipinski definition) is 5. The molecule has 7 nitrogen and oxygen atoms in total. The van der Waals surface area contributed by atoms with Gasteiger partial charge in [0.2, 0.25) is 0 Å². The Labute approximate surface area is 235 Å². The molecule has 0 spiro atoms. The lowest BCUT2D eigenvalue weighted by Gasteiger charge is -2.25. The summed E-state index contributed by atoms with van der Waals surface area (Å²) in [5.74, 6) is -0.308. The number of thioether (sulfide) groups is 1. The fraction of sp³-hybridized carbons (Fsp3) is 0.419. The molecule has 8 heteroatoms. The third kappa shape index (κ3) is 8.82. The minimum Gasteiger partial charge on any atom is -0.481 e. The van der Waals surface area contributed by atoms with Gasteiger partial charge in [0.05, 0.1) is 11.6 Å². The summed E-state index contributed by atoms with van der Waals surface area (Å²) in [6, 6.07) is 18.4. The summed E-state index contributed by atoms with van der Waals surface area (Å²) >= 11 is 1.46. The van der Waals surface area contributed by atoms with Crippen LogP contribution in [0.5, 0.6) is 0 Å². The third-order valence-corrected chi connectivity index (χ3v) is 7.90.